The zero-order valence-electron chi connectivity index (χ0n) is 14.7. The van der Waals surface area contributed by atoms with Gasteiger partial charge in [-0.1, -0.05) is 17.7 Å². The number of hydrogen-bond donors (Lipinski definition) is 1. The van der Waals surface area contributed by atoms with Crippen molar-refractivity contribution in [1.29, 1.82) is 0 Å². The number of halogens is 1. The summed E-state index contributed by atoms with van der Waals surface area (Å²) in [6.45, 7) is 1.69. The Morgan fingerprint density at radius 3 is 2.69 bits per heavy atom. The molecule has 0 saturated heterocycles. The van der Waals surface area contributed by atoms with E-state index >= 15 is 0 Å². The van der Waals surface area contributed by atoms with Crippen LogP contribution >= 0.6 is 11.6 Å². The molecular weight excluding hydrogens is 360 g/mol. The summed E-state index contributed by atoms with van der Waals surface area (Å²) in [6.07, 6.45) is 3.76. The van der Waals surface area contributed by atoms with E-state index in [1.54, 1.807) is 13.0 Å². The molecule has 6 nitrogen and oxygen atoms in total. The second-order valence-corrected chi connectivity index (χ2v) is 6.52. The third-order valence-electron chi connectivity index (χ3n) is 4.11. The van der Waals surface area contributed by atoms with Crippen LogP contribution in [0, 0.1) is 0 Å². The van der Waals surface area contributed by atoms with Crippen molar-refractivity contribution in [3.05, 3.63) is 34.4 Å². The van der Waals surface area contributed by atoms with Gasteiger partial charge in [0.2, 0.25) is 0 Å². The third kappa shape index (κ3) is 4.85. The first kappa shape index (κ1) is 20.0. The lowest BCUT2D eigenvalue weighted by molar-refractivity contribution is -0.119. The molecule has 1 aromatic carbocycles. The maximum atomic E-state index is 12.7. The lowest BCUT2D eigenvalue weighted by Crippen LogP contribution is -2.19. The van der Waals surface area contributed by atoms with Gasteiger partial charge in [-0.2, -0.15) is 0 Å². The second-order valence-electron chi connectivity index (χ2n) is 6.14. The number of carbonyl (C=O) groups is 3. The molecule has 1 atom stereocenters. The lowest BCUT2D eigenvalue weighted by Gasteiger charge is -2.18. The largest absolute Gasteiger partial charge is 0.506 e. The number of benzene rings is 1. The summed E-state index contributed by atoms with van der Waals surface area (Å²) >= 11 is 6.14. The molecule has 1 aliphatic heterocycles. The Bertz CT molecular complexity index is 753. The molecule has 0 unspecified atom stereocenters. The van der Waals surface area contributed by atoms with Gasteiger partial charge < -0.3 is 14.6 Å². The van der Waals surface area contributed by atoms with Gasteiger partial charge >= 0.3 is 5.97 Å². The summed E-state index contributed by atoms with van der Waals surface area (Å²) in [4.78, 5) is 36.7. The average Bonchev–Trinajstić information content (AvgIpc) is 2.59. The standard InChI is InChI=1S/C19H21ClO6/c1-11-7-8-12(21)5-3-4-6-13(22)9-14-17(19(24)26-11)16(25-2)10-15(23)18(14)20/h4,6,10-11,23H,3,5,7-9H2,1-2H3/b6-4-/t11-/m1/s1. The first-order valence-corrected chi connectivity index (χ1v) is 8.71. The van der Waals surface area contributed by atoms with Crippen LogP contribution in [0.2, 0.25) is 5.02 Å². The number of ether oxygens (including phenoxy) is 2. The van der Waals surface area contributed by atoms with Crippen LogP contribution in [0.1, 0.15) is 48.5 Å². The first-order chi connectivity index (χ1) is 12.3. The van der Waals surface area contributed by atoms with Crippen molar-refractivity contribution < 1.29 is 29.0 Å². The molecule has 0 aromatic heterocycles. The molecular formula is C19H21ClO6. The van der Waals surface area contributed by atoms with E-state index in [4.69, 9.17) is 21.1 Å². The van der Waals surface area contributed by atoms with Gasteiger partial charge in [-0.05, 0) is 25.8 Å². The Balaban J connectivity index is 2.50. The quantitative estimate of drug-likeness (QED) is 0.751. The molecule has 0 saturated carbocycles. The topological polar surface area (TPSA) is 89.9 Å². The number of Topliss-reactive ketones (excluding diaryl/α,β-unsaturated/α-hetero) is 1. The van der Waals surface area contributed by atoms with Crippen molar-refractivity contribution in [1.82, 2.24) is 0 Å². The minimum atomic E-state index is -0.715. The van der Waals surface area contributed by atoms with Gasteiger partial charge in [0, 0.05) is 30.9 Å². The molecule has 1 N–H and O–H groups in total. The monoisotopic (exact) mass is 380 g/mol. The number of carbonyl (C=O) groups excluding carboxylic acids is 3. The van der Waals surface area contributed by atoms with Crippen LogP contribution in [0.15, 0.2) is 18.2 Å². The Morgan fingerprint density at radius 1 is 1.27 bits per heavy atom. The highest BCUT2D eigenvalue weighted by molar-refractivity contribution is 6.33. The summed E-state index contributed by atoms with van der Waals surface area (Å²) < 4.78 is 10.6. The number of allylic oxidation sites excluding steroid dienone is 2. The zero-order valence-corrected chi connectivity index (χ0v) is 15.5. The molecule has 0 spiro atoms. The maximum absolute atomic E-state index is 12.7. The van der Waals surface area contributed by atoms with Crippen LogP contribution in [0.5, 0.6) is 11.5 Å². The predicted octanol–water partition coefficient (Wildman–Crippen LogP) is 3.41. The molecule has 0 fully saturated rings. The van der Waals surface area contributed by atoms with Crippen molar-refractivity contribution in [3.63, 3.8) is 0 Å². The molecule has 0 radical (unpaired) electrons. The van der Waals surface area contributed by atoms with Gasteiger partial charge in [-0.15, -0.1) is 0 Å². The average molecular weight is 381 g/mol. The maximum Gasteiger partial charge on any atom is 0.342 e. The van der Waals surface area contributed by atoms with E-state index in [0.717, 1.165) is 0 Å². The molecule has 0 bridgehead atoms. The molecule has 0 aliphatic carbocycles. The van der Waals surface area contributed by atoms with E-state index < -0.39 is 12.1 Å². The highest BCUT2D eigenvalue weighted by Crippen LogP contribution is 2.37. The van der Waals surface area contributed by atoms with Gasteiger partial charge in [-0.25, -0.2) is 4.79 Å². The zero-order chi connectivity index (χ0) is 19.3. The van der Waals surface area contributed by atoms with E-state index in [2.05, 4.69) is 0 Å². The normalized spacial score (nSPS) is 20.7. The van der Waals surface area contributed by atoms with Crippen LogP contribution in [0.4, 0.5) is 0 Å². The van der Waals surface area contributed by atoms with E-state index in [1.807, 2.05) is 0 Å². The smallest absolute Gasteiger partial charge is 0.342 e. The number of hydrogen-bond acceptors (Lipinski definition) is 6. The van der Waals surface area contributed by atoms with Crippen molar-refractivity contribution in [2.45, 2.75) is 45.1 Å². The summed E-state index contributed by atoms with van der Waals surface area (Å²) in [5.41, 5.74) is 0.163. The minimum Gasteiger partial charge on any atom is -0.506 e. The fourth-order valence-corrected chi connectivity index (χ4v) is 2.92. The van der Waals surface area contributed by atoms with Crippen molar-refractivity contribution in [2.75, 3.05) is 7.11 Å². The summed E-state index contributed by atoms with van der Waals surface area (Å²) in [6, 6.07) is 1.21. The molecule has 2 rings (SSSR count). The van der Waals surface area contributed by atoms with Crippen LogP contribution in [-0.4, -0.2) is 35.9 Å². The van der Waals surface area contributed by atoms with Crippen LogP contribution < -0.4 is 4.74 Å². The molecule has 140 valence electrons. The lowest BCUT2D eigenvalue weighted by atomic mass is 9.99. The van der Waals surface area contributed by atoms with Gasteiger partial charge in [0.1, 0.15) is 22.8 Å². The number of esters is 1. The Hall–Kier alpha value is -2.34. The number of phenolic OH excluding ortho intramolecular Hbond substituents is 1. The van der Waals surface area contributed by atoms with E-state index in [0.29, 0.717) is 19.3 Å². The van der Waals surface area contributed by atoms with Crippen molar-refractivity contribution >= 4 is 29.1 Å². The van der Waals surface area contributed by atoms with E-state index in [-0.39, 0.29) is 52.1 Å². The van der Waals surface area contributed by atoms with Crippen LogP contribution in [-0.2, 0) is 20.7 Å². The van der Waals surface area contributed by atoms with Gasteiger partial charge in [0.15, 0.2) is 5.78 Å². The second kappa shape index (κ2) is 8.85. The summed E-state index contributed by atoms with van der Waals surface area (Å²) in [5.74, 6) is -1.20. The fraction of sp³-hybridized carbons (Fsp3) is 0.421. The fourth-order valence-electron chi connectivity index (χ4n) is 2.71. The molecule has 0 amide bonds. The van der Waals surface area contributed by atoms with Crippen LogP contribution in [0.3, 0.4) is 0 Å². The predicted molar refractivity (Wildman–Crippen MR) is 95.9 cm³/mol. The highest BCUT2D eigenvalue weighted by Gasteiger charge is 2.26. The molecule has 7 heteroatoms. The molecule has 1 aliphatic rings. The summed E-state index contributed by atoms with van der Waals surface area (Å²) in [7, 11) is 1.34. The number of phenols is 1. The number of methoxy groups -OCH3 is 1. The molecule has 1 heterocycles. The van der Waals surface area contributed by atoms with Gasteiger partial charge in [-0.3, -0.25) is 9.59 Å². The number of ketones is 2. The van der Waals surface area contributed by atoms with Gasteiger partial charge in [0.05, 0.1) is 18.2 Å². The SMILES string of the molecule is COc1cc(O)c(Cl)c2c1C(=O)O[C@H](C)CCC(=O)CC/C=C\C(=O)C2. The number of rotatable bonds is 1. The van der Waals surface area contributed by atoms with E-state index in [9.17, 15) is 19.5 Å². The van der Waals surface area contributed by atoms with E-state index in [1.165, 1.54) is 19.3 Å². The Kier molecular flexibility index (Phi) is 6.80. The highest BCUT2D eigenvalue weighted by atomic mass is 35.5. The van der Waals surface area contributed by atoms with Crippen molar-refractivity contribution in [2.24, 2.45) is 0 Å². The third-order valence-corrected chi connectivity index (χ3v) is 4.53. The first-order valence-electron chi connectivity index (χ1n) is 8.33. The Labute approximate surface area is 156 Å². The van der Waals surface area contributed by atoms with Crippen molar-refractivity contribution in [3.8, 4) is 11.5 Å². The van der Waals surface area contributed by atoms with Gasteiger partial charge in [0.25, 0.3) is 0 Å². The number of cyclic esters (lactones) is 1. The summed E-state index contributed by atoms with van der Waals surface area (Å²) in [5, 5.41) is 9.89. The molecule has 1 aromatic rings. The molecule has 26 heavy (non-hydrogen) atoms. The Morgan fingerprint density at radius 2 is 2.00 bits per heavy atom. The number of fused-ring (bicyclic) bond motifs is 1. The number of aromatic hydroxyl groups is 1. The minimum absolute atomic E-state index is 0.00675. The van der Waals surface area contributed by atoms with Crippen LogP contribution in [0.25, 0.3) is 0 Å².